The van der Waals surface area contributed by atoms with Crippen molar-refractivity contribution in [2.24, 2.45) is 0 Å². The predicted octanol–water partition coefficient (Wildman–Crippen LogP) is 4.61. The number of nitriles is 1. The molecule has 0 aliphatic rings. The lowest BCUT2D eigenvalue weighted by atomic mass is 10.2. The Balaban J connectivity index is 1.68. The van der Waals surface area contributed by atoms with Crippen LogP contribution in [0, 0.1) is 17.1 Å². The SMILES string of the molecule is CN(C(=O)Nc1ncc(Oc2ccccc2C#N)s1)c1cccc(F)c1. The number of amides is 2. The van der Waals surface area contributed by atoms with Gasteiger partial charge in [0.2, 0.25) is 5.06 Å². The van der Waals surface area contributed by atoms with Gasteiger partial charge in [-0.3, -0.25) is 10.2 Å². The summed E-state index contributed by atoms with van der Waals surface area (Å²) in [5.74, 6) is -0.0170. The van der Waals surface area contributed by atoms with E-state index < -0.39 is 11.8 Å². The number of carbonyl (C=O) groups excluding carboxylic acids is 1. The molecule has 26 heavy (non-hydrogen) atoms. The van der Waals surface area contributed by atoms with E-state index in [2.05, 4.69) is 10.3 Å². The maximum Gasteiger partial charge on any atom is 0.327 e. The Bertz CT molecular complexity index is 983. The van der Waals surface area contributed by atoms with Crippen LogP contribution in [0.2, 0.25) is 0 Å². The van der Waals surface area contributed by atoms with Crippen LogP contribution in [-0.2, 0) is 0 Å². The minimum atomic E-state index is -0.464. The first-order chi connectivity index (χ1) is 12.6. The maximum absolute atomic E-state index is 13.3. The molecule has 130 valence electrons. The van der Waals surface area contributed by atoms with Crippen LogP contribution in [0.25, 0.3) is 0 Å². The number of thiazole rings is 1. The van der Waals surface area contributed by atoms with Crippen molar-refractivity contribution in [3.05, 3.63) is 66.1 Å². The van der Waals surface area contributed by atoms with Crippen molar-refractivity contribution < 1.29 is 13.9 Å². The number of hydrogen-bond donors (Lipinski definition) is 1. The standard InChI is InChI=1S/C18H13FN4O2S/c1-23(14-7-4-6-13(19)9-14)18(24)22-17-21-11-16(26-17)25-15-8-3-2-5-12(15)10-20/h2-9,11H,1H3,(H,21,22,24). The number of aromatic nitrogens is 1. The Morgan fingerprint density at radius 2 is 2.12 bits per heavy atom. The largest absolute Gasteiger partial charge is 0.444 e. The van der Waals surface area contributed by atoms with Crippen LogP contribution in [0.4, 0.5) is 20.0 Å². The van der Waals surface area contributed by atoms with E-state index >= 15 is 0 Å². The third-order valence-corrected chi connectivity index (χ3v) is 4.21. The van der Waals surface area contributed by atoms with Crippen molar-refractivity contribution in [2.45, 2.75) is 0 Å². The topological polar surface area (TPSA) is 78.2 Å². The van der Waals surface area contributed by atoms with Gasteiger partial charge in [-0.15, -0.1) is 0 Å². The first kappa shape index (κ1) is 17.4. The number of carbonyl (C=O) groups is 1. The molecule has 0 spiro atoms. The number of rotatable bonds is 4. The molecule has 0 radical (unpaired) electrons. The van der Waals surface area contributed by atoms with Gasteiger partial charge in [0.25, 0.3) is 0 Å². The van der Waals surface area contributed by atoms with E-state index in [4.69, 9.17) is 10.00 Å². The Morgan fingerprint density at radius 1 is 1.31 bits per heavy atom. The first-order valence-corrected chi connectivity index (χ1v) is 8.31. The minimum Gasteiger partial charge on any atom is -0.444 e. The molecule has 3 aromatic rings. The molecule has 1 heterocycles. The number of nitrogens with zero attached hydrogens (tertiary/aromatic N) is 3. The normalized spacial score (nSPS) is 10.0. The van der Waals surface area contributed by atoms with Gasteiger partial charge in [0, 0.05) is 12.7 Å². The molecule has 0 unspecified atom stereocenters. The third-order valence-electron chi connectivity index (χ3n) is 3.42. The Hall–Kier alpha value is -3.44. The van der Waals surface area contributed by atoms with Crippen LogP contribution >= 0.6 is 11.3 Å². The van der Waals surface area contributed by atoms with Crippen LogP contribution in [-0.4, -0.2) is 18.1 Å². The Kier molecular flexibility index (Phi) is 5.10. The summed E-state index contributed by atoms with van der Waals surface area (Å²) in [6.07, 6.45) is 1.45. The average Bonchev–Trinajstić information content (AvgIpc) is 3.08. The number of ether oxygens (including phenoxy) is 1. The van der Waals surface area contributed by atoms with Crippen LogP contribution < -0.4 is 15.0 Å². The van der Waals surface area contributed by atoms with Crippen molar-refractivity contribution in [2.75, 3.05) is 17.3 Å². The van der Waals surface area contributed by atoms with Crippen molar-refractivity contribution >= 4 is 28.2 Å². The highest BCUT2D eigenvalue weighted by Gasteiger charge is 2.14. The Labute approximate surface area is 153 Å². The average molecular weight is 368 g/mol. The summed E-state index contributed by atoms with van der Waals surface area (Å²) in [6.45, 7) is 0. The van der Waals surface area contributed by atoms with Gasteiger partial charge in [-0.2, -0.15) is 5.26 Å². The van der Waals surface area contributed by atoms with E-state index in [1.54, 1.807) is 30.3 Å². The summed E-state index contributed by atoms with van der Waals surface area (Å²) >= 11 is 1.12. The van der Waals surface area contributed by atoms with E-state index in [1.165, 1.54) is 36.3 Å². The zero-order chi connectivity index (χ0) is 18.5. The Morgan fingerprint density at radius 3 is 2.88 bits per heavy atom. The van der Waals surface area contributed by atoms with Gasteiger partial charge in [-0.1, -0.05) is 29.5 Å². The maximum atomic E-state index is 13.3. The highest BCUT2D eigenvalue weighted by molar-refractivity contribution is 7.17. The molecule has 2 amide bonds. The molecule has 1 N–H and O–H groups in total. The molecule has 0 aliphatic carbocycles. The smallest absolute Gasteiger partial charge is 0.327 e. The van der Waals surface area contributed by atoms with Crippen molar-refractivity contribution in [1.82, 2.24) is 4.98 Å². The van der Waals surface area contributed by atoms with E-state index in [0.717, 1.165) is 11.3 Å². The first-order valence-electron chi connectivity index (χ1n) is 7.50. The lowest BCUT2D eigenvalue weighted by Crippen LogP contribution is -2.31. The van der Waals surface area contributed by atoms with Gasteiger partial charge in [0.15, 0.2) is 5.13 Å². The number of halogens is 1. The summed E-state index contributed by atoms with van der Waals surface area (Å²) in [5.41, 5.74) is 0.816. The predicted molar refractivity (Wildman–Crippen MR) is 97.2 cm³/mol. The number of benzene rings is 2. The fraction of sp³-hybridized carbons (Fsp3) is 0.0556. The van der Waals surface area contributed by atoms with Crippen LogP contribution in [0.3, 0.4) is 0 Å². The monoisotopic (exact) mass is 368 g/mol. The number of nitrogens with one attached hydrogen (secondary N) is 1. The van der Waals surface area contributed by atoms with Gasteiger partial charge < -0.3 is 4.74 Å². The summed E-state index contributed by atoms with van der Waals surface area (Å²) in [6, 6.07) is 14.1. The second-order valence-corrected chi connectivity index (χ2v) is 6.16. The van der Waals surface area contributed by atoms with Crippen LogP contribution in [0.15, 0.2) is 54.7 Å². The van der Waals surface area contributed by atoms with Crippen molar-refractivity contribution in [3.8, 4) is 16.9 Å². The van der Waals surface area contributed by atoms with Crippen molar-refractivity contribution in [1.29, 1.82) is 5.26 Å². The van der Waals surface area contributed by atoms with Crippen LogP contribution in [0.1, 0.15) is 5.56 Å². The molecule has 8 heteroatoms. The fourth-order valence-electron chi connectivity index (χ4n) is 2.10. The zero-order valence-electron chi connectivity index (χ0n) is 13.6. The zero-order valence-corrected chi connectivity index (χ0v) is 14.5. The summed E-state index contributed by atoms with van der Waals surface area (Å²) in [7, 11) is 1.53. The quantitative estimate of drug-likeness (QED) is 0.729. The van der Waals surface area contributed by atoms with Gasteiger partial charge in [-0.25, -0.2) is 14.2 Å². The van der Waals surface area contributed by atoms with Gasteiger partial charge in [0.1, 0.15) is 17.6 Å². The molecule has 3 rings (SSSR count). The molecule has 1 aromatic heterocycles. The number of anilines is 2. The third kappa shape index (κ3) is 3.96. The lowest BCUT2D eigenvalue weighted by molar-refractivity contribution is 0.258. The van der Waals surface area contributed by atoms with Gasteiger partial charge in [-0.05, 0) is 30.3 Å². The highest BCUT2D eigenvalue weighted by Crippen LogP contribution is 2.32. The molecule has 0 saturated heterocycles. The summed E-state index contributed by atoms with van der Waals surface area (Å²) in [4.78, 5) is 17.6. The number of para-hydroxylation sites is 1. The molecule has 0 saturated carbocycles. The second-order valence-electron chi connectivity index (χ2n) is 5.16. The number of hydrogen-bond acceptors (Lipinski definition) is 5. The van der Waals surface area contributed by atoms with Crippen molar-refractivity contribution in [3.63, 3.8) is 0 Å². The second kappa shape index (κ2) is 7.63. The van der Waals surface area contributed by atoms with Gasteiger partial charge in [0.05, 0.1) is 11.8 Å². The number of urea groups is 1. The van der Waals surface area contributed by atoms with E-state index in [1.807, 2.05) is 6.07 Å². The minimum absolute atomic E-state index is 0.322. The molecule has 6 nitrogen and oxygen atoms in total. The van der Waals surface area contributed by atoms with Gasteiger partial charge >= 0.3 is 6.03 Å². The molecule has 0 aliphatic heterocycles. The molecule has 0 bridgehead atoms. The molecular weight excluding hydrogens is 355 g/mol. The van der Waals surface area contributed by atoms with E-state index in [0.29, 0.717) is 27.2 Å². The molecule has 0 atom stereocenters. The molecule has 0 fully saturated rings. The van der Waals surface area contributed by atoms with Crippen LogP contribution in [0.5, 0.6) is 10.8 Å². The highest BCUT2D eigenvalue weighted by atomic mass is 32.1. The molecule has 2 aromatic carbocycles. The van der Waals surface area contributed by atoms with E-state index in [9.17, 15) is 9.18 Å². The lowest BCUT2D eigenvalue weighted by Gasteiger charge is -2.16. The summed E-state index contributed by atoms with van der Waals surface area (Å²) < 4.78 is 18.9. The fourth-order valence-corrected chi connectivity index (χ4v) is 2.77. The van der Waals surface area contributed by atoms with E-state index in [-0.39, 0.29) is 0 Å². The molecular formula is C18H13FN4O2S. The summed E-state index contributed by atoms with van der Waals surface area (Å²) in [5, 5.41) is 12.4.